The summed E-state index contributed by atoms with van der Waals surface area (Å²) in [6.07, 6.45) is 0.808. The highest BCUT2D eigenvalue weighted by molar-refractivity contribution is 6.30. The first kappa shape index (κ1) is 9.99. The second-order valence-corrected chi connectivity index (χ2v) is 2.86. The molecule has 0 fully saturated rings. The first-order chi connectivity index (χ1) is 6.19. The highest BCUT2D eigenvalue weighted by Crippen LogP contribution is 2.26. The van der Waals surface area contributed by atoms with E-state index < -0.39 is 5.82 Å². The van der Waals surface area contributed by atoms with Crippen LogP contribution in [-0.4, -0.2) is 13.4 Å². The summed E-state index contributed by atoms with van der Waals surface area (Å²) >= 11 is 5.52. The molecule has 0 aliphatic heterocycles. The molecule has 4 heteroatoms. The number of methoxy groups -OCH3 is 1. The molecule has 0 N–H and O–H groups in total. The fraction of sp³-hybridized carbons (Fsp3) is 0.222. The normalized spacial score (nSPS) is 9.77. The van der Waals surface area contributed by atoms with Crippen molar-refractivity contribution in [3.8, 4) is 5.75 Å². The summed E-state index contributed by atoms with van der Waals surface area (Å²) in [5.74, 6) is -0.113. The number of hydrogen-bond donors (Lipinski definition) is 0. The molecule has 13 heavy (non-hydrogen) atoms. The van der Waals surface area contributed by atoms with Crippen LogP contribution in [0.5, 0.6) is 5.75 Å². The molecule has 1 rings (SSSR count). The van der Waals surface area contributed by atoms with E-state index in [1.54, 1.807) is 0 Å². The molecule has 0 amide bonds. The van der Waals surface area contributed by atoms with Crippen molar-refractivity contribution in [2.75, 3.05) is 7.11 Å². The lowest BCUT2D eigenvalue weighted by Crippen LogP contribution is -1.94. The van der Waals surface area contributed by atoms with Gasteiger partial charge < -0.3 is 9.53 Å². The fourth-order valence-electron chi connectivity index (χ4n) is 1.01. The first-order valence-corrected chi connectivity index (χ1v) is 4.02. The summed E-state index contributed by atoms with van der Waals surface area (Å²) in [4.78, 5) is 10.2. The Hall–Kier alpha value is -1.09. The Morgan fingerprint density at radius 1 is 1.62 bits per heavy atom. The van der Waals surface area contributed by atoms with E-state index in [1.807, 2.05) is 0 Å². The maximum absolute atomic E-state index is 12.9. The minimum Gasteiger partial charge on any atom is -0.496 e. The number of hydrogen-bond acceptors (Lipinski definition) is 2. The van der Waals surface area contributed by atoms with Crippen molar-refractivity contribution in [2.24, 2.45) is 0 Å². The van der Waals surface area contributed by atoms with Crippen LogP contribution in [0.4, 0.5) is 4.39 Å². The molecule has 0 saturated heterocycles. The van der Waals surface area contributed by atoms with Crippen molar-refractivity contribution < 1.29 is 13.9 Å². The van der Waals surface area contributed by atoms with Gasteiger partial charge >= 0.3 is 0 Å². The molecule has 2 nitrogen and oxygen atoms in total. The summed E-state index contributed by atoms with van der Waals surface area (Å²) < 4.78 is 17.8. The van der Waals surface area contributed by atoms with Crippen LogP contribution in [0.1, 0.15) is 5.56 Å². The second-order valence-electron chi connectivity index (χ2n) is 2.45. The number of rotatable bonds is 3. The molecule has 0 atom stereocenters. The monoisotopic (exact) mass is 202 g/mol. The van der Waals surface area contributed by atoms with Crippen LogP contribution < -0.4 is 4.74 Å². The number of ether oxygens (including phenoxy) is 1. The molecule has 0 aliphatic rings. The standard InChI is InChI=1S/C9H8ClFO2/c1-13-9-5-7(10)8(11)4-6(9)2-3-12/h3-5H,2H2,1H3. The smallest absolute Gasteiger partial charge is 0.142 e. The predicted molar refractivity (Wildman–Crippen MR) is 47.7 cm³/mol. The second kappa shape index (κ2) is 4.23. The Kier molecular flexibility index (Phi) is 3.25. The molecular formula is C9H8ClFO2. The molecular weight excluding hydrogens is 195 g/mol. The summed E-state index contributed by atoms with van der Waals surface area (Å²) in [6, 6.07) is 2.56. The number of carbonyl (C=O) groups is 1. The topological polar surface area (TPSA) is 26.3 Å². The molecule has 1 aromatic carbocycles. The van der Waals surface area contributed by atoms with Gasteiger partial charge in [0.15, 0.2) is 0 Å². The summed E-state index contributed by atoms with van der Waals surface area (Å²) in [7, 11) is 1.44. The van der Waals surface area contributed by atoms with E-state index in [1.165, 1.54) is 19.2 Å². The van der Waals surface area contributed by atoms with E-state index in [0.717, 1.165) is 0 Å². The molecule has 0 heterocycles. The van der Waals surface area contributed by atoms with Crippen LogP contribution in [0.25, 0.3) is 0 Å². The van der Waals surface area contributed by atoms with Gasteiger partial charge in [-0.1, -0.05) is 11.6 Å². The lowest BCUT2D eigenvalue weighted by molar-refractivity contribution is -0.107. The average Bonchev–Trinajstić information content (AvgIpc) is 2.11. The van der Waals surface area contributed by atoms with Gasteiger partial charge in [-0.05, 0) is 6.07 Å². The molecule has 0 radical (unpaired) electrons. The van der Waals surface area contributed by atoms with Crippen LogP contribution in [0.15, 0.2) is 12.1 Å². The van der Waals surface area contributed by atoms with Crippen LogP contribution in [0.2, 0.25) is 5.02 Å². The summed E-state index contributed by atoms with van der Waals surface area (Å²) in [5, 5.41) is -0.00787. The molecule has 0 aromatic heterocycles. The van der Waals surface area contributed by atoms with Gasteiger partial charge in [0, 0.05) is 18.1 Å². The SMILES string of the molecule is COc1cc(Cl)c(F)cc1CC=O. The average molecular weight is 203 g/mol. The Balaban J connectivity index is 3.15. The Morgan fingerprint density at radius 2 is 2.31 bits per heavy atom. The van der Waals surface area contributed by atoms with Gasteiger partial charge in [-0.3, -0.25) is 0 Å². The van der Waals surface area contributed by atoms with Crippen LogP contribution in [0.3, 0.4) is 0 Å². The van der Waals surface area contributed by atoms with Crippen molar-refractivity contribution in [2.45, 2.75) is 6.42 Å². The lowest BCUT2D eigenvalue weighted by atomic mass is 10.1. The largest absolute Gasteiger partial charge is 0.496 e. The van der Waals surface area contributed by atoms with Crippen LogP contribution in [0, 0.1) is 5.82 Å². The third-order valence-corrected chi connectivity index (χ3v) is 1.92. The fourth-order valence-corrected chi connectivity index (χ4v) is 1.16. The number of aldehydes is 1. The Bertz CT molecular complexity index is 326. The van der Waals surface area contributed by atoms with Gasteiger partial charge in [-0.15, -0.1) is 0 Å². The first-order valence-electron chi connectivity index (χ1n) is 3.64. The Morgan fingerprint density at radius 3 is 2.85 bits per heavy atom. The molecule has 1 aromatic rings. The summed E-state index contributed by atoms with van der Waals surface area (Å²) in [5.41, 5.74) is 0.499. The highest BCUT2D eigenvalue weighted by atomic mass is 35.5. The molecule has 0 unspecified atom stereocenters. The third kappa shape index (κ3) is 2.18. The maximum atomic E-state index is 12.9. The van der Waals surface area contributed by atoms with Gasteiger partial charge in [0.05, 0.1) is 12.1 Å². The van der Waals surface area contributed by atoms with E-state index in [-0.39, 0.29) is 11.4 Å². The van der Waals surface area contributed by atoms with Crippen molar-refractivity contribution >= 4 is 17.9 Å². The van der Waals surface area contributed by atoms with E-state index in [0.29, 0.717) is 17.6 Å². The van der Waals surface area contributed by atoms with Gasteiger partial charge in [-0.2, -0.15) is 0 Å². The number of carbonyl (C=O) groups excluding carboxylic acids is 1. The van der Waals surface area contributed by atoms with E-state index in [4.69, 9.17) is 16.3 Å². The number of halogens is 2. The minimum absolute atomic E-state index is 0.00787. The van der Waals surface area contributed by atoms with Gasteiger partial charge in [0.2, 0.25) is 0 Å². The zero-order valence-corrected chi connectivity index (χ0v) is 7.77. The van der Waals surface area contributed by atoms with E-state index in [2.05, 4.69) is 0 Å². The third-order valence-electron chi connectivity index (χ3n) is 1.63. The quantitative estimate of drug-likeness (QED) is 0.703. The lowest BCUT2D eigenvalue weighted by Gasteiger charge is -2.06. The van der Waals surface area contributed by atoms with Crippen LogP contribution >= 0.6 is 11.6 Å². The van der Waals surface area contributed by atoms with Gasteiger partial charge in [0.25, 0.3) is 0 Å². The molecule has 70 valence electrons. The van der Waals surface area contributed by atoms with Gasteiger partial charge in [-0.25, -0.2) is 4.39 Å². The summed E-state index contributed by atoms with van der Waals surface area (Å²) in [6.45, 7) is 0. The van der Waals surface area contributed by atoms with Crippen LogP contribution in [-0.2, 0) is 11.2 Å². The minimum atomic E-state index is -0.542. The molecule has 0 saturated carbocycles. The zero-order valence-electron chi connectivity index (χ0n) is 7.01. The van der Waals surface area contributed by atoms with Gasteiger partial charge in [0.1, 0.15) is 17.9 Å². The van der Waals surface area contributed by atoms with Crippen molar-refractivity contribution in [3.63, 3.8) is 0 Å². The Labute approximate surface area is 80.3 Å². The van der Waals surface area contributed by atoms with Crippen molar-refractivity contribution in [1.29, 1.82) is 0 Å². The molecule has 0 aliphatic carbocycles. The highest BCUT2D eigenvalue weighted by Gasteiger charge is 2.08. The molecule has 0 spiro atoms. The molecule has 0 bridgehead atoms. The van der Waals surface area contributed by atoms with Crippen molar-refractivity contribution in [1.82, 2.24) is 0 Å². The van der Waals surface area contributed by atoms with Crippen molar-refractivity contribution in [3.05, 3.63) is 28.5 Å². The zero-order chi connectivity index (χ0) is 9.84. The van der Waals surface area contributed by atoms with E-state index in [9.17, 15) is 9.18 Å². The van der Waals surface area contributed by atoms with E-state index >= 15 is 0 Å². The number of benzene rings is 1. The maximum Gasteiger partial charge on any atom is 0.142 e. The predicted octanol–water partition coefficient (Wildman–Crippen LogP) is 2.23.